The summed E-state index contributed by atoms with van der Waals surface area (Å²) in [5.41, 5.74) is 0.0609. The van der Waals surface area contributed by atoms with Crippen molar-refractivity contribution in [3.05, 3.63) is 41.6 Å². The lowest BCUT2D eigenvalue weighted by Crippen LogP contribution is -2.47. The topological polar surface area (TPSA) is 102 Å². The average molecular weight is 506 g/mol. The largest absolute Gasteiger partial charge is 0.421 e. The molecule has 1 aliphatic heterocycles. The molecule has 1 aromatic heterocycles. The molecule has 1 aliphatic carbocycles. The molecule has 0 unspecified atom stereocenters. The molecular weight excluding hydrogens is 475 g/mol. The highest BCUT2D eigenvalue weighted by Gasteiger charge is 2.38. The smallest absolute Gasteiger partial charge is 0.366 e. The van der Waals surface area contributed by atoms with Crippen LogP contribution in [0.1, 0.15) is 35.2 Å². The van der Waals surface area contributed by atoms with E-state index in [-0.39, 0.29) is 23.6 Å². The number of aromatic nitrogens is 2. The summed E-state index contributed by atoms with van der Waals surface area (Å²) in [6, 6.07) is 6.19. The maximum atomic E-state index is 13.6. The van der Waals surface area contributed by atoms with E-state index in [0.717, 1.165) is 25.7 Å². The van der Waals surface area contributed by atoms with E-state index in [1.807, 2.05) is 7.05 Å². The number of carbonyl (C=O) groups excluding carboxylic acids is 2. The summed E-state index contributed by atoms with van der Waals surface area (Å²) in [6.45, 7) is 2.95. The van der Waals surface area contributed by atoms with Gasteiger partial charge in [-0.1, -0.05) is 6.42 Å². The number of likely N-dealkylation sites (N-methyl/N-ethyl adjacent to an activating group) is 1. The highest BCUT2D eigenvalue weighted by atomic mass is 19.4. The molecule has 2 atom stereocenters. The summed E-state index contributed by atoms with van der Waals surface area (Å²) in [5.74, 6) is -1.11. The molecule has 1 saturated heterocycles. The fourth-order valence-electron chi connectivity index (χ4n) is 4.58. The van der Waals surface area contributed by atoms with Gasteiger partial charge in [0.15, 0.2) is 0 Å². The molecular formula is C24H30F3N7O2. The van der Waals surface area contributed by atoms with Crippen molar-refractivity contribution in [1.82, 2.24) is 25.1 Å². The van der Waals surface area contributed by atoms with Crippen molar-refractivity contribution in [3.8, 4) is 0 Å². The summed E-state index contributed by atoms with van der Waals surface area (Å²) in [6.07, 6.45) is -2.05. The third-order valence-corrected chi connectivity index (χ3v) is 6.69. The molecule has 2 amide bonds. The second-order valence-electron chi connectivity index (χ2n) is 9.15. The van der Waals surface area contributed by atoms with Crippen LogP contribution in [0.25, 0.3) is 0 Å². The lowest BCUT2D eigenvalue weighted by atomic mass is 10.0. The number of nitrogens with one attached hydrogen (secondary N) is 3. The summed E-state index contributed by atoms with van der Waals surface area (Å²) in [7, 11) is 3.52. The van der Waals surface area contributed by atoms with Gasteiger partial charge in [-0.2, -0.15) is 18.2 Å². The molecule has 0 bridgehead atoms. The first-order valence-corrected chi connectivity index (χ1v) is 11.9. The molecule has 194 valence electrons. The Morgan fingerprint density at radius 3 is 2.39 bits per heavy atom. The molecule has 0 radical (unpaired) electrons. The molecule has 9 nitrogen and oxygen atoms in total. The molecule has 3 N–H and O–H groups in total. The molecule has 12 heteroatoms. The van der Waals surface area contributed by atoms with Crippen LogP contribution in [0.15, 0.2) is 30.5 Å². The van der Waals surface area contributed by atoms with Crippen LogP contribution in [0.5, 0.6) is 0 Å². The highest BCUT2D eigenvalue weighted by molar-refractivity contribution is 5.94. The number of rotatable bonds is 6. The van der Waals surface area contributed by atoms with E-state index >= 15 is 0 Å². The number of hydrogen-bond acceptors (Lipinski definition) is 7. The van der Waals surface area contributed by atoms with Gasteiger partial charge in [0.25, 0.3) is 5.91 Å². The number of halogens is 3. The zero-order valence-electron chi connectivity index (χ0n) is 20.2. The Morgan fingerprint density at radius 1 is 1.06 bits per heavy atom. The number of piperazine rings is 1. The molecule has 0 spiro atoms. The summed E-state index contributed by atoms with van der Waals surface area (Å²) in [5, 5.41) is 8.32. The van der Waals surface area contributed by atoms with Crippen molar-refractivity contribution in [1.29, 1.82) is 0 Å². The van der Waals surface area contributed by atoms with Crippen molar-refractivity contribution in [3.63, 3.8) is 0 Å². The minimum Gasteiger partial charge on any atom is -0.366 e. The Morgan fingerprint density at radius 2 is 1.75 bits per heavy atom. The molecule has 1 aromatic carbocycles. The first kappa shape index (κ1) is 25.7. The van der Waals surface area contributed by atoms with Crippen LogP contribution in [0, 0.1) is 5.92 Å². The number of nitrogens with zero attached hydrogens (tertiary/aromatic N) is 4. The van der Waals surface area contributed by atoms with E-state index in [0.29, 0.717) is 37.2 Å². The van der Waals surface area contributed by atoms with Gasteiger partial charge in [0.05, 0.1) is 5.92 Å². The lowest BCUT2D eigenvalue weighted by molar-refractivity contribution is -0.137. The fraction of sp³-hybridized carbons (Fsp3) is 0.500. The Balaban J connectivity index is 1.49. The molecule has 2 aromatic rings. The Labute approximate surface area is 207 Å². The van der Waals surface area contributed by atoms with E-state index in [9.17, 15) is 22.8 Å². The van der Waals surface area contributed by atoms with Gasteiger partial charge in [-0.25, -0.2) is 4.98 Å². The number of hydrogen-bond donors (Lipinski definition) is 3. The van der Waals surface area contributed by atoms with Gasteiger partial charge < -0.3 is 25.8 Å². The number of alkyl halides is 3. The van der Waals surface area contributed by atoms with Gasteiger partial charge in [0.2, 0.25) is 11.9 Å². The predicted octanol–water partition coefficient (Wildman–Crippen LogP) is 2.95. The van der Waals surface area contributed by atoms with Gasteiger partial charge in [-0.15, -0.1) is 0 Å². The van der Waals surface area contributed by atoms with E-state index < -0.39 is 23.7 Å². The SMILES string of the molecule is CNC(=O)[C@H]1CCC[C@H]1Nc1nc(Nc2ccc(C(=O)N3CCN(C)CC3)cc2)ncc1C(F)(F)F. The maximum Gasteiger partial charge on any atom is 0.421 e. The predicted molar refractivity (Wildman–Crippen MR) is 129 cm³/mol. The molecule has 36 heavy (non-hydrogen) atoms. The van der Waals surface area contributed by atoms with Gasteiger partial charge >= 0.3 is 6.18 Å². The van der Waals surface area contributed by atoms with E-state index in [1.54, 1.807) is 29.2 Å². The number of benzene rings is 1. The van der Waals surface area contributed by atoms with Gasteiger partial charge in [-0.3, -0.25) is 9.59 Å². The first-order valence-electron chi connectivity index (χ1n) is 11.9. The third-order valence-electron chi connectivity index (χ3n) is 6.69. The summed E-state index contributed by atoms with van der Waals surface area (Å²) >= 11 is 0. The zero-order chi connectivity index (χ0) is 25.9. The van der Waals surface area contributed by atoms with Gasteiger partial charge in [0, 0.05) is 56.7 Å². The van der Waals surface area contributed by atoms with Crippen LogP contribution < -0.4 is 16.0 Å². The second-order valence-corrected chi connectivity index (χ2v) is 9.15. The van der Waals surface area contributed by atoms with Crippen LogP contribution in [0.3, 0.4) is 0 Å². The third kappa shape index (κ3) is 5.86. The minimum absolute atomic E-state index is 0.0295. The van der Waals surface area contributed by atoms with Crippen LogP contribution in [0.4, 0.5) is 30.6 Å². The van der Waals surface area contributed by atoms with Crippen LogP contribution in [-0.4, -0.2) is 77.9 Å². The van der Waals surface area contributed by atoms with Crippen LogP contribution in [-0.2, 0) is 11.0 Å². The number of carbonyl (C=O) groups is 2. The van der Waals surface area contributed by atoms with Gasteiger partial charge in [0.1, 0.15) is 11.4 Å². The standard InChI is InChI=1S/C24H30F3N7O2/c1-28-21(35)17-4-3-5-19(17)31-20-18(24(25,26)27)14-29-23(32-20)30-16-8-6-15(7-9-16)22(36)34-12-10-33(2)11-13-34/h6-9,14,17,19H,3-5,10-13H2,1-2H3,(H,28,35)(H2,29,30,31,32)/t17-,19+/m0/s1. The van der Waals surface area contributed by atoms with Crippen molar-refractivity contribution >= 4 is 29.3 Å². The molecule has 2 heterocycles. The van der Waals surface area contributed by atoms with Crippen LogP contribution >= 0.6 is 0 Å². The van der Waals surface area contributed by atoms with Crippen molar-refractivity contribution in [2.45, 2.75) is 31.5 Å². The van der Waals surface area contributed by atoms with Crippen LogP contribution in [0.2, 0.25) is 0 Å². The molecule has 1 saturated carbocycles. The quantitative estimate of drug-likeness (QED) is 0.555. The minimum atomic E-state index is -4.66. The van der Waals surface area contributed by atoms with E-state index in [4.69, 9.17) is 0 Å². The Kier molecular flexibility index (Phi) is 7.62. The van der Waals surface area contributed by atoms with E-state index in [1.165, 1.54) is 7.05 Å². The number of anilines is 3. The molecule has 2 aliphatic rings. The summed E-state index contributed by atoms with van der Waals surface area (Å²) in [4.78, 5) is 36.8. The molecule has 4 rings (SSSR count). The van der Waals surface area contributed by atoms with Gasteiger partial charge in [-0.05, 0) is 44.2 Å². The Hall–Kier alpha value is -3.41. The maximum absolute atomic E-state index is 13.6. The molecule has 2 fully saturated rings. The van der Waals surface area contributed by atoms with Crippen molar-refractivity contribution < 1.29 is 22.8 Å². The normalized spacial score (nSPS) is 20.8. The number of amides is 2. The van der Waals surface area contributed by atoms with E-state index in [2.05, 4.69) is 30.8 Å². The average Bonchev–Trinajstić information content (AvgIpc) is 3.31. The van der Waals surface area contributed by atoms with Crippen molar-refractivity contribution in [2.75, 3.05) is 50.9 Å². The monoisotopic (exact) mass is 505 g/mol. The lowest BCUT2D eigenvalue weighted by Gasteiger charge is -2.32. The van der Waals surface area contributed by atoms with Crippen molar-refractivity contribution in [2.24, 2.45) is 5.92 Å². The fourth-order valence-corrected chi connectivity index (χ4v) is 4.58. The second kappa shape index (κ2) is 10.7. The Bertz CT molecular complexity index is 1090. The first-order chi connectivity index (χ1) is 17.2. The highest BCUT2D eigenvalue weighted by Crippen LogP contribution is 2.36. The zero-order valence-corrected chi connectivity index (χ0v) is 20.2. The summed E-state index contributed by atoms with van der Waals surface area (Å²) < 4.78 is 40.9.